The van der Waals surface area contributed by atoms with Crippen LogP contribution in [0.2, 0.25) is 5.02 Å². The van der Waals surface area contributed by atoms with Crippen LogP contribution >= 0.6 is 23.4 Å². The van der Waals surface area contributed by atoms with Crippen molar-refractivity contribution in [2.24, 2.45) is 0 Å². The van der Waals surface area contributed by atoms with Gasteiger partial charge in [0.2, 0.25) is 0 Å². The summed E-state index contributed by atoms with van der Waals surface area (Å²) in [4.78, 5) is 10.8. The molecule has 0 radical (unpaired) electrons. The van der Waals surface area contributed by atoms with Crippen molar-refractivity contribution in [1.29, 1.82) is 0 Å². The molecule has 18 heavy (non-hydrogen) atoms. The minimum Gasteiger partial charge on any atom is -0.390 e. The molecule has 100 valence electrons. The number of hydrogen-bond acceptors (Lipinski definition) is 4. The highest BCUT2D eigenvalue weighted by Gasteiger charge is 2.21. The normalized spacial score (nSPS) is 14.3. The van der Waals surface area contributed by atoms with Crippen molar-refractivity contribution in [2.45, 2.75) is 32.5 Å². The molecule has 0 aliphatic rings. The Hall–Kier alpha value is -0.550. The SMILES string of the molecule is CC(=O)SCCC(O)C(O)c1cccc(C)c1Cl. The minimum atomic E-state index is -1.02. The van der Waals surface area contributed by atoms with Gasteiger partial charge in [-0.2, -0.15) is 0 Å². The van der Waals surface area contributed by atoms with Gasteiger partial charge in [-0.15, -0.1) is 0 Å². The molecule has 5 heteroatoms. The molecular weight excluding hydrogens is 272 g/mol. The molecule has 2 N–H and O–H groups in total. The number of rotatable bonds is 5. The Morgan fingerprint density at radius 2 is 2.11 bits per heavy atom. The first-order valence-corrected chi connectivity index (χ1v) is 7.04. The lowest BCUT2D eigenvalue weighted by atomic mass is 10.0. The summed E-state index contributed by atoms with van der Waals surface area (Å²) in [6.45, 7) is 3.32. The van der Waals surface area contributed by atoms with E-state index >= 15 is 0 Å². The van der Waals surface area contributed by atoms with Crippen molar-refractivity contribution >= 4 is 28.5 Å². The van der Waals surface area contributed by atoms with E-state index in [9.17, 15) is 15.0 Å². The molecule has 0 bridgehead atoms. The van der Waals surface area contributed by atoms with Gasteiger partial charge in [0.05, 0.1) is 6.10 Å². The van der Waals surface area contributed by atoms with Crippen LogP contribution in [0.15, 0.2) is 18.2 Å². The largest absolute Gasteiger partial charge is 0.390 e. The monoisotopic (exact) mass is 288 g/mol. The van der Waals surface area contributed by atoms with Crippen molar-refractivity contribution in [3.8, 4) is 0 Å². The number of benzene rings is 1. The van der Waals surface area contributed by atoms with Gasteiger partial charge in [-0.3, -0.25) is 4.79 Å². The van der Waals surface area contributed by atoms with E-state index in [1.807, 2.05) is 13.0 Å². The second-order valence-corrected chi connectivity index (χ2v) is 5.77. The molecule has 1 aromatic rings. The molecule has 2 atom stereocenters. The van der Waals surface area contributed by atoms with Gasteiger partial charge in [0.15, 0.2) is 5.12 Å². The Morgan fingerprint density at radius 1 is 1.44 bits per heavy atom. The molecule has 1 rings (SSSR count). The Labute approximate surface area is 116 Å². The average Bonchev–Trinajstić information content (AvgIpc) is 2.31. The maximum Gasteiger partial charge on any atom is 0.185 e. The lowest BCUT2D eigenvalue weighted by molar-refractivity contribution is -0.109. The quantitative estimate of drug-likeness (QED) is 0.875. The summed E-state index contributed by atoms with van der Waals surface area (Å²) in [6.07, 6.45) is -1.60. The van der Waals surface area contributed by atoms with E-state index in [-0.39, 0.29) is 5.12 Å². The third kappa shape index (κ3) is 4.28. The molecule has 0 amide bonds. The van der Waals surface area contributed by atoms with Gasteiger partial charge in [-0.1, -0.05) is 41.6 Å². The molecule has 0 fully saturated rings. The fourth-order valence-corrected chi connectivity index (χ4v) is 2.47. The van der Waals surface area contributed by atoms with Crippen LogP contribution in [0.1, 0.15) is 30.6 Å². The predicted molar refractivity (Wildman–Crippen MR) is 74.9 cm³/mol. The molecule has 3 nitrogen and oxygen atoms in total. The van der Waals surface area contributed by atoms with Crippen molar-refractivity contribution in [3.05, 3.63) is 34.3 Å². The summed E-state index contributed by atoms with van der Waals surface area (Å²) < 4.78 is 0. The zero-order valence-electron chi connectivity index (χ0n) is 10.4. The number of thioether (sulfide) groups is 1. The van der Waals surface area contributed by atoms with Gasteiger partial charge >= 0.3 is 0 Å². The molecule has 0 aliphatic heterocycles. The minimum absolute atomic E-state index is 0.00489. The second kappa shape index (κ2) is 7.14. The molecule has 0 heterocycles. The van der Waals surface area contributed by atoms with E-state index in [2.05, 4.69) is 0 Å². The van der Waals surface area contributed by atoms with Gasteiger partial charge in [-0.05, 0) is 18.9 Å². The predicted octanol–water partition coefficient (Wildman–Crippen LogP) is 2.71. The smallest absolute Gasteiger partial charge is 0.185 e. The van der Waals surface area contributed by atoms with E-state index in [1.54, 1.807) is 12.1 Å². The van der Waals surface area contributed by atoms with Crippen LogP contribution in [0.5, 0.6) is 0 Å². The molecule has 0 spiro atoms. The highest BCUT2D eigenvalue weighted by molar-refractivity contribution is 8.13. The van der Waals surface area contributed by atoms with Gasteiger partial charge in [0.1, 0.15) is 6.10 Å². The third-order valence-electron chi connectivity index (χ3n) is 2.62. The summed E-state index contributed by atoms with van der Waals surface area (Å²) in [6, 6.07) is 5.33. The number of aliphatic hydroxyl groups excluding tert-OH is 2. The highest BCUT2D eigenvalue weighted by atomic mass is 35.5. The van der Waals surface area contributed by atoms with Crippen LogP contribution in [-0.4, -0.2) is 27.2 Å². The van der Waals surface area contributed by atoms with Gasteiger partial charge in [0, 0.05) is 23.3 Å². The Bertz CT molecular complexity index is 423. The Kier molecular flexibility index (Phi) is 6.15. The van der Waals surface area contributed by atoms with Crippen molar-refractivity contribution in [3.63, 3.8) is 0 Å². The molecule has 0 aliphatic carbocycles. The van der Waals surface area contributed by atoms with E-state index in [0.717, 1.165) is 17.3 Å². The van der Waals surface area contributed by atoms with Crippen LogP contribution in [0.25, 0.3) is 0 Å². The number of aliphatic hydroxyl groups is 2. The molecule has 0 aromatic heterocycles. The fourth-order valence-electron chi connectivity index (χ4n) is 1.59. The fraction of sp³-hybridized carbons (Fsp3) is 0.462. The van der Waals surface area contributed by atoms with Crippen LogP contribution < -0.4 is 0 Å². The lowest BCUT2D eigenvalue weighted by Crippen LogP contribution is -2.19. The summed E-state index contributed by atoms with van der Waals surface area (Å²) in [7, 11) is 0. The van der Waals surface area contributed by atoms with Gasteiger partial charge < -0.3 is 10.2 Å². The number of hydrogen-bond donors (Lipinski definition) is 2. The maximum absolute atomic E-state index is 10.8. The first-order chi connectivity index (χ1) is 8.43. The summed E-state index contributed by atoms with van der Waals surface area (Å²) in [5, 5.41) is 20.4. The average molecular weight is 289 g/mol. The molecular formula is C13H17ClO3S. The van der Waals surface area contributed by atoms with Gasteiger partial charge in [0.25, 0.3) is 0 Å². The molecule has 1 aromatic carbocycles. The number of halogens is 1. The standard InChI is InChI=1S/C13H17ClO3S/c1-8-4-3-5-10(12(8)14)13(17)11(16)6-7-18-9(2)15/h3-5,11,13,16-17H,6-7H2,1-2H3. The number of aryl methyl sites for hydroxylation is 1. The number of carbonyl (C=O) groups is 1. The Morgan fingerprint density at radius 3 is 2.72 bits per heavy atom. The molecule has 0 saturated carbocycles. The first kappa shape index (κ1) is 15.5. The van der Waals surface area contributed by atoms with E-state index < -0.39 is 12.2 Å². The van der Waals surface area contributed by atoms with Crippen molar-refractivity contribution in [1.82, 2.24) is 0 Å². The topological polar surface area (TPSA) is 57.5 Å². The van der Waals surface area contributed by atoms with E-state index in [4.69, 9.17) is 11.6 Å². The summed E-state index contributed by atoms with van der Waals surface area (Å²) in [5.74, 6) is 0.483. The van der Waals surface area contributed by atoms with Crippen LogP contribution in [0.3, 0.4) is 0 Å². The van der Waals surface area contributed by atoms with Crippen molar-refractivity contribution in [2.75, 3.05) is 5.75 Å². The van der Waals surface area contributed by atoms with Crippen LogP contribution in [0.4, 0.5) is 0 Å². The Balaban J connectivity index is 2.65. The zero-order chi connectivity index (χ0) is 13.7. The molecule has 0 saturated heterocycles. The first-order valence-electron chi connectivity index (χ1n) is 5.68. The van der Waals surface area contributed by atoms with Crippen LogP contribution in [0, 0.1) is 6.92 Å². The highest BCUT2D eigenvalue weighted by Crippen LogP contribution is 2.29. The zero-order valence-corrected chi connectivity index (χ0v) is 12.0. The maximum atomic E-state index is 10.8. The van der Waals surface area contributed by atoms with Gasteiger partial charge in [-0.25, -0.2) is 0 Å². The number of carbonyl (C=O) groups excluding carboxylic acids is 1. The molecule has 2 unspecified atom stereocenters. The second-order valence-electron chi connectivity index (χ2n) is 4.12. The van der Waals surface area contributed by atoms with E-state index in [0.29, 0.717) is 22.8 Å². The van der Waals surface area contributed by atoms with Crippen LogP contribution in [-0.2, 0) is 4.79 Å². The third-order valence-corrected chi connectivity index (χ3v) is 3.99. The summed E-state index contributed by atoms with van der Waals surface area (Å²) >= 11 is 7.22. The summed E-state index contributed by atoms with van der Waals surface area (Å²) in [5.41, 5.74) is 1.38. The van der Waals surface area contributed by atoms with E-state index in [1.165, 1.54) is 6.92 Å². The van der Waals surface area contributed by atoms with Crippen molar-refractivity contribution < 1.29 is 15.0 Å². The lowest BCUT2D eigenvalue weighted by Gasteiger charge is -2.19.